The van der Waals surface area contributed by atoms with Gasteiger partial charge in [-0.1, -0.05) is 24.2 Å². The van der Waals surface area contributed by atoms with Crippen LogP contribution in [0, 0.1) is 19.8 Å². The number of benzene rings is 1. The van der Waals surface area contributed by atoms with Gasteiger partial charge < -0.3 is 14.6 Å². The minimum Gasteiger partial charge on any atom is -0.497 e. The topological polar surface area (TPSA) is 95.1 Å². The third-order valence-corrected chi connectivity index (χ3v) is 5.19. The Morgan fingerprint density at radius 2 is 2.10 bits per heavy atom. The molecule has 8 nitrogen and oxygen atoms in total. The number of carbonyl (C=O) groups is 1. The van der Waals surface area contributed by atoms with Crippen LogP contribution in [0.2, 0.25) is 0 Å². The first-order valence-corrected chi connectivity index (χ1v) is 10.1. The molecule has 0 bridgehead atoms. The summed E-state index contributed by atoms with van der Waals surface area (Å²) in [5.41, 5.74) is 3.96. The van der Waals surface area contributed by atoms with E-state index in [-0.39, 0.29) is 11.8 Å². The van der Waals surface area contributed by atoms with Gasteiger partial charge in [0.2, 0.25) is 0 Å². The quantitative estimate of drug-likeness (QED) is 0.490. The van der Waals surface area contributed by atoms with Crippen molar-refractivity contribution in [3.63, 3.8) is 0 Å². The van der Waals surface area contributed by atoms with Gasteiger partial charge in [-0.25, -0.2) is 4.98 Å². The van der Waals surface area contributed by atoms with E-state index in [1.54, 1.807) is 19.4 Å². The molecular formula is C23H25N5O3. The third kappa shape index (κ3) is 4.28. The Bertz CT molecular complexity index is 1230. The molecule has 8 heteroatoms. The van der Waals surface area contributed by atoms with Crippen molar-refractivity contribution in [1.82, 2.24) is 25.2 Å². The number of carbonyl (C=O) groups excluding carboxylic acids is 1. The van der Waals surface area contributed by atoms with E-state index < -0.39 is 0 Å². The monoisotopic (exact) mass is 419 g/mol. The lowest BCUT2D eigenvalue weighted by molar-refractivity contribution is 0.0948. The fourth-order valence-electron chi connectivity index (χ4n) is 3.53. The molecule has 0 aliphatic rings. The second-order valence-corrected chi connectivity index (χ2v) is 7.72. The van der Waals surface area contributed by atoms with E-state index in [4.69, 9.17) is 9.26 Å². The fraction of sp³-hybridized carbons (Fsp3) is 0.304. The van der Waals surface area contributed by atoms with Crippen molar-refractivity contribution >= 4 is 17.0 Å². The first kappa shape index (κ1) is 20.6. The first-order valence-electron chi connectivity index (χ1n) is 10.1. The molecule has 0 saturated carbocycles. The molecule has 0 radical (unpaired) electrons. The molecule has 0 fully saturated rings. The van der Waals surface area contributed by atoms with Gasteiger partial charge in [0.15, 0.2) is 0 Å². The lowest BCUT2D eigenvalue weighted by atomic mass is 10.0. The molecule has 3 aromatic heterocycles. The number of nitrogens with zero attached hydrogens (tertiary/aromatic N) is 4. The van der Waals surface area contributed by atoms with Gasteiger partial charge in [0.25, 0.3) is 11.6 Å². The maximum absolute atomic E-state index is 13.1. The van der Waals surface area contributed by atoms with Gasteiger partial charge in [-0.3, -0.25) is 9.48 Å². The highest BCUT2D eigenvalue weighted by Crippen LogP contribution is 2.32. The number of ether oxygens (including phenoxy) is 1. The Balaban J connectivity index is 1.61. The van der Waals surface area contributed by atoms with E-state index in [1.165, 1.54) is 0 Å². The fourth-order valence-corrected chi connectivity index (χ4v) is 3.53. The molecule has 1 aromatic carbocycles. The van der Waals surface area contributed by atoms with Crippen LogP contribution in [0.25, 0.3) is 22.4 Å². The number of rotatable bonds is 7. The molecule has 31 heavy (non-hydrogen) atoms. The van der Waals surface area contributed by atoms with Crippen molar-refractivity contribution in [3.8, 4) is 17.0 Å². The van der Waals surface area contributed by atoms with E-state index in [2.05, 4.69) is 27.5 Å². The number of aryl methyl sites for hydroxylation is 2. The van der Waals surface area contributed by atoms with Crippen molar-refractivity contribution in [2.75, 3.05) is 13.7 Å². The lowest BCUT2D eigenvalue weighted by Gasteiger charge is -2.14. The SMILES string of the molecule is COc1cccc(-c2noc3nc(C)cc(C(=O)NC[C@H](C)Cn4nccc4C)c23)c1. The zero-order chi connectivity index (χ0) is 22.0. The highest BCUT2D eigenvalue weighted by molar-refractivity contribution is 6.09. The third-order valence-electron chi connectivity index (χ3n) is 5.19. The highest BCUT2D eigenvalue weighted by atomic mass is 16.5. The van der Waals surface area contributed by atoms with Crippen LogP contribution in [0.4, 0.5) is 0 Å². The first-order chi connectivity index (χ1) is 15.0. The molecule has 1 atom stereocenters. The van der Waals surface area contributed by atoms with E-state index in [1.807, 2.05) is 48.9 Å². The van der Waals surface area contributed by atoms with Crippen LogP contribution < -0.4 is 10.1 Å². The van der Waals surface area contributed by atoms with Crippen LogP contribution >= 0.6 is 0 Å². The molecule has 3 heterocycles. The van der Waals surface area contributed by atoms with Crippen LogP contribution in [-0.4, -0.2) is 39.5 Å². The second-order valence-electron chi connectivity index (χ2n) is 7.72. The molecule has 1 amide bonds. The molecule has 160 valence electrons. The maximum Gasteiger partial charge on any atom is 0.259 e. The summed E-state index contributed by atoms with van der Waals surface area (Å²) in [5, 5.41) is 12.1. The zero-order valence-electron chi connectivity index (χ0n) is 18.0. The lowest BCUT2D eigenvalue weighted by Crippen LogP contribution is -2.30. The van der Waals surface area contributed by atoms with Crippen LogP contribution in [0.3, 0.4) is 0 Å². The van der Waals surface area contributed by atoms with Crippen LogP contribution in [-0.2, 0) is 6.54 Å². The number of hydrogen-bond donors (Lipinski definition) is 1. The van der Waals surface area contributed by atoms with Crippen LogP contribution in [0.5, 0.6) is 5.75 Å². The summed E-state index contributed by atoms with van der Waals surface area (Å²) in [5.74, 6) is 0.718. The van der Waals surface area contributed by atoms with E-state index in [0.717, 1.165) is 17.8 Å². The number of nitrogens with one attached hydrogen (secondary N) is 1. The summed E-state index contributed by atoms with van der Waals surface area (Å²) >= 11 is 0. The number of fused-ring (bicyclic) bond motifs is 1. The molecule has 0 saturated heterocycles. The standard InChI is InChI=1S/C23H25N5O3/c1-14(13-28-16(3)8-9-25-28)12-24-22(29)19-10-15(2)26-23-20(19)21(27-31-23)17-6-5-7-18(11-17)30-4/h5-11,14H,12-13H2,1-4H3,(H,24,29)/t14-/m0/s1. The largest absolute Gasteiger partial charge is 0.497 e. The summed E-state index contributed by atoms with van der Waals surface area (Å²) in [6.07, 6.45) is 1.78. The van der Waals surface area contributed by atoms with Crippen LogP contribution in [0.1, 0.15) is 28.7 Å². The molecule has 4 rings (SSSR count). The Morgan fingerprint density at radius 1 is 1.26 bits per heavy atom. The summed E-state index contributed by atoms with van der Waals surface area (Å²) in [7, 11) is 1.61. The number of methoxy groups -OCH3 is 1. The minimum atomic E-state index is -0.188. The van der Waals surface area contributed by atoms with E-state index >= 15 is 0 Å². The maximum atomic E-state index is 13.1. The molecule has 0 spiro atoms. The molecule has 4 aromatic rings. The summed E-state index contributed by atoms with van der Waals surface area (Å²) in [6.45, 7) is 7.16. The highest BCUT2D eigenvalue weighted by Gasteiger charge is 2.21. The average Bonchev–Trinajstić information content (AvgIpc) is 3.37. The van der Waals surface area contributed by atoms with Gasteiger partial charge in [0.05, 0.1) is 18.1 Å². The summed E-state index contributed by atoms with van der Waals surface area (Å²) in [4.78, 5) is 17.5. The van der Waals surface area contributed by atoms with Crippen LogP contribution in [0.15, 0.2) is 47.1 Å². The zero-order valence-corrected chi connectivity index (χ0v) is 18.0. The predicted molar refractivity (Wildman–Crippen MR) is 117 cm³/mol. The Morgan fingerprint density at radius 3 is 2.84 bits per heavy atom. The Kier molecular flexibility index (Phi) is 5.70. The van der Waals surface area contributed by atoms with Crippen molar-refractivity contribution in [2.24, 2.45) is 5.92 Å². The van der Waals surface area contributed by atoms with E-state index in [0.29, 0.717) is 40.3 Å². The van der Waals surface area contributed by atoms with Crippen molar-refractivity contribution < 1.29 is 14.1 Å². The van der Waals surface area contributed by atoms with E-state index in [9.17, 15) is 4.79 Å². The Labute approximate surface area is 180 Å². The van der Waals surface area contributed by atoms with Gasteiger partial charge in [-0.05, 0) is 44.0 Å². The van der Waals surface area contributed by atoms with Crippen molar-refractivity contribution in [1.29, 1.82) is 0 Å². The molecule has 0 aliphatic heterocycles. The predicted octanol–water partition coefficient (Wildman–Crippen LogP) is 3.78. The number of pyridine rings is 1. The van der Waals surface area contributed by atoms with Crippen molar-refractivity contribution in [2.45, 2.75) is 27.3 Å². The molecular weight excluding hydrogens is 394 g/mol. The van der Waals surface area contributed by atoms with Gasteiger partial charge in [0, 0.05) is 36.2 Å². The number of hydrogen-bond acceptors (Lipinski definition) is 6. The van der Waals surface area contributed by atoms with Gasteiger partial charge >= 0.3 is 0 Å². The average molecular weight is 419 g/mol. The smallest absolute Gasteiger partial charge is 0.259 e. The van der Waals surface area contributed by atoms with Crippen molar-refractivity contribution in [3.05, 3.63) is 59.5 Å². The number of amides is 1. The van der Waals surface area contributed by atoms with Gasteiger partial charge in [0.1, 0.15) is 11.4 Å². The molecule has 1 N–H and O–H groups in total. The van der Waals surface area contributed by atoms with Gasteiger partial charge in [-0.2, -0.15) is 5.10 Å². The molecule has 0 unspecified atom stereocenters. The minimum absolute atomic E-state index is 0.188. The summed E-state index contributed by atoms with van der Waals surface area (Å²) in [6, 6.07) is 11.2. The normalized spacial score (nSPS) is 12.1. The number of aromatic nitrogens is 4. The second kappa shape index (κ2) is 8.59. The Hall–Kier alpha value is -3.68. The summed E-state index contributed by atoms with van der Waals surface area (Å²) < 4.78 is 12.7. The van der Waals surface area contributed by atoms with Gasteiger partial charge in [-0.15, -0.1) is 0 Å². The molecule has 0 aliphatic carbocycles.